The monoisotopic (exact) mass is 311 g/mol. The molecule has 0 fully saturated rings. The van der Waals surface area contributed by atoms with E-state index in [1.54, 1.807) is 13.2 Å². The number of hydrogen-bond donors (Lipinski definition) is 1. The van der Waals surface area contributed by atoms with Crippen molar-refractivity contribution in [2.75, 3.05) is 20.3 Å². The molecule has 0 saturated heterocycles. The Morgan fingerprint density at radius 3 is 2.52 bits per heavy atom. The summed E-state index contributed by atoms with van der Waals surface area (Å²) >= 11 is 0. The zero-order valence-corrected chi connectivity index (χ0v) is 13.4. The van der Waals surface area contributed by atoms with Crippen LogP contribution in [0.15, 0.2) is 54.6 Å². The van der Waals surface area contributed by atoms with Crippen LogP contribution in [-0.2, 0) is 4.79 Å². The molecular formula is C19H21NO3. The fraction of sp³-hybridized carbons (Fsp3) is 0.211. The van der Waals surface area contributed by atoms with Crippen molar-refractivity contribution in [3.63, 3.8) is 0 Å². The molecule has 2 rings (SSSR count). The second kappa shape index (κ2) is 8.63. The van der Waals surface area contributed by atoms with Gasteiger partial charge in [-0.05, 0) is 30.7 Å². The molecule has 0 heterocycles. The maximum absolute atomic E-state index is 11.8. The molecule has 1 N–H and O–H groups in total. The van der Waals surface area contributed by atoms with Gasteiger partial charge >= 0.3 is 0 Å². The molecule has 0 saturated carbocycles. The van der Waals surface area contributed by atoms with E-state index in [-0.39, 0.29) is 5.91 Å². The average Bonchev–Trinajstić information content (AvgIpc) is 2.58. The fourth-order valence-electron chi connectivity index (χ4n) is 2.08. The van der Waals surface area contributed by atoms with Crippen molar-refractivity contribution < 1.29 is 14.3 Å². The zero-order valence-electron chi connectivity index (χ0n) is 13.4. The van der Waals surface area contributed by atoms with Crippen LogP contribution in [0.5, 0.6) is 11.5 Å². The molecule has 23 heavy (non-hydrogen) atoms. The van der Waals surface area contributed by atoms with E-state index in [4.69, 9.17) is 9.47 Å². The van der Waals surface area contributed by atoms with Crippen molar-refractivity contribution in [2.24, 2.45) is 0 Å². The summed E-state index contributed by atoms with van der Waals surface area (Å²) in [6.07, 6.45) is 3.22. The van der Waals surface area contributed by atoms with Gasteiger partial charge in [-0.15, -0.1) is 0 Å². The molecular weight excluding hydrogens is 290 g/mol. The zero-order chi connectivity index (χ0) is 16.5. The third kappa shape index (κ3) is 5.18. The lowest BCUT2D eigenvalue weighted by Gasteiger charge is -2.08. The van der Waals surface area contributed by atoms with Crippen LogP contribution in [0.3, 0.4) is 0 Å². The molecule has 120 valence electrons. The smallest absolute Gasteiger partial charge is 0.244 e. The molecule has 4 nitrogen and oxygen atoms in total. The molecule has 0 aliphatic heterocycles. The van der Waals surface area contributed by atoms with Crippen LogP contribution in [0.4, 0.5) is 0 Å². The van der Waals surface area contributed by atoms with Gasteiger partial charge in [0.2, 0.25) is 5.91 Å². The Hall–Kier alpha value is -2.75. The van der Waals surface area contributed by atoms with Gasteiger partial charge in [0.05, 0.1) is 13.7 Å². The molecule has 0 radical (unpaired) electrons. The van der Waals surface area contributed by atoms with Gasteiger partial charge < -0.3 is 14.8 Å². The molecule has 0 aliphatic carbocycles. The van der Waals surface area contributed by atoms with Gasteiger partial charge in [0.15, 0.2) is 0 Å². The van der Waals surface area contributed by atoms with Crippen molar-refractivity contribution in [1.82, 2.24) is 5.32 Å². The first kappa shape index (κ1) is 16.6. The second-order valence-corrected chi connectivity index (χ2v) is 4.98. The van der Waals surface area contributed by atoms with Crippen LogP contribution in [0, 0.1) is 6.92 Å². The number of para-hydroxylation sites is 2. The Kier molecular flexibility index (Phi) is 6.24. The van der Waals surface area contributed by atoms with Crippen molar-refractivity contribution in [3.8, 4) is 11.5 Å². The molecule has 0 spiro atoms. The van der Waals surface area contributed by atoms with E-state index in [0.29, 0.717) is 13.2 Å². The van der Waals surface area contributed by atoms with E-state index in [2.05, 4.69) is 5.32 Å². The largest absolute Gasteiger partial charge is 0.496 e. The lowest BCUT2D eigenvalue weighted by molar-refractivity contribution is -0.116. The Labute approximate surface area is 136 Å². The van der Waals surface area contributed by atoms with Crippen LogP contribution < -0.4 is 14.8 Å². The highest BCUT2D eigenvalue weighted by atomic mass is 16.5. The Balaban J connectivity index is 1.77. The number of hydrogen-bond acceptors (Lipinski definition) is 3. The van der Waals surface area contributed by atoms with Crippen molar-refractivity contribution >= 4 is 12.0 Å². The van der Waals surface area contributed by atoms with Crippen molar-refractivity contribution in [1.29, 1.82) is 0 Å². The summed E-state index contributed by atoms with van der Waals surface area (Å²) in [6, 6.07) is 15.3. The van der Waals surface area contributed by atoms with Gasteiger partial charge in [-0.1, -0.05) is 36.4 Å². The van der Waals surface area contributed by atoms with Gasteiger partial charge in [0.25, 0.3) is 0 Å². The van der Waals surface area contributed by atoms with Gasteiger partial charge in [-0.3, -0.25) is 4.79 Å². The molecule has 0 aliphatic rings. The highest BCUT2D eigenvalue weighted by Gasteiger charge is 2.00. The van der Waals surface area contributed by atoms with E-state index < -0.39 is 0 Å². The first-order chi connectivity index (χ1) is 11.2. The normalized spacial score (nSPS) is 10.5. The highest BCUT2D eigenvalue weighted by molar-refractivity contribution is 5.92. The summed E-state index contributed by atoms with van der Waals surface area (Å²) < 4.78 is 10.9. The number of benzene rings is 2. The standard InChI is InChI=1S/C19H21NO3/c1-15-7-3-5-9-17(15)23-14-13-20-19(21)12-11-16-8-4-6-10-18(16)22-2/h3-12H,13-14H2,1-2H3,(H,20,21)/b12-11+. The van der Waals surface area contributed by atoms with Crippen molar-refractivity contribution in [3.05, 3.63) is 65.7 Å². The summed E-state index contributed by atoms with van der Waals surface area (Å²) in [5.74, 6) is 1.41. The third-order valence-corrected chi connectivity index (χ3v) is 3.31. The quantitative estimate of drug-likeness (QED) is 0.631. The fourth-order valence-corrected chi connectivity index (χ4v) is 2.08. The van der Waals surface area contributed by atoms with E-state index in [1.807, 2.05) is 55.5 Å². The number of amides is 1. The minimum absolute atomic E-state index is 0.163. The minimum atomic E-state index is -0.163. The lowest BCUT2D eigenvalue weighted by Crippen LogP contribution is -2.26. The summed E-state index contributed by atoms with van der Waals surface area (Å²) in [7, 11) is 1.61. The predicted octanol–water partition coefficient (Wildman–Crippen LogP) is 3.21. The molecule has 0 unspecified atom stereocenters. The summed E-state index contributed by atoms with van der Waals surface area (Å²) in [6.45, 7) is 2.87. The van der Waals surface area contributed by atoms with Gasteiger partial charge in [0.1, 0.15) is 18.1 Å². The van der Waals surface area contributed by atoms with Gasteiger partial charge in [-0.2, -0.15) is 0 Å². The third-order valence-electron chi connectivity index (χ3n) is 3.31. The van der Waals surface area contributed by atoms with Crippen molar-refractivity contribution in [2.45, 2.75) is 6.92 Å². The van der Waals surface area contributed by atoms with Crippen LogP contribution in [-0.4, -0.2) is 26.2 Å². The summed E-state index contributed by atoms with van der Waals surface area (Å²) in [4.78, 5) is 11.8. The first-order valence-corrected chi connectivity index (χ1v) is 7.48. The SMILES string of the molecule is COc1ccccc1/C=C/C(=O)NCCOc1ccccc1C. The Bertz CT molecular complexity index is 680. The lowest BCUT2D eigenvalue weighted by atomic mass is 10.2. The van der Waals surface area contributed by atoms with E-state index in [0.717, 1.165) is 22.6 Å². The van der Waals surface area contributed by atoms with Crippen LogP contribution >= 0.6 is 0 Å². The van der Waals surface area contributed by atoms with E-state index in [1.165, 1.54) is 6.08 Å². The molecule has 4 heteroatoms. The molecule has 2 aromatic rings. The maximum atomic E-state index is 11.8. The van der Waals surface area contributed by atoms with Gasteiger partial charge in [0, 0.05) is 11.6 Å². The number of carbonyl (C=O) groups is 1. The van der Waals surface area contributed by atoms with E-state index >= 15 is 0 Å². The highest BCUT2D eigenvalue weighted by Crippen LogP contribution is 2.18. The number of methoxy groups -OCH3 is 1. The van der Waals surface area contributed by atoms with Crippen LogP contribution in [0.25, 0.3) is 6.08 Å². The molecule has 0 bridgehead atoms. The topological polar surface area (TPSA) is 47.6 Å². The number of nitrogens with one attached hydrogen (secondary N) is 1. The maximum Gasteiger partial charge on any atom is 0.244 e. The molecule has 0 aromatic heterocycles. The summed E-state index contributed by atoms with van der Waals surface area (Å²) in [5.41, 5.74) is 1.94. The number of rotatable bonds is 7. The Morgan fingerprint density at radius 1 is 1.09 bits per heavy atom. The molecule has 0 atom stereocenters. The summed E-state index contributed by atoms with van der Waals surface area (Å²) in [5, 5.41) is 2.79. The number of aryl methyl sites for hydroxylation is 1. The van der Waals surface area contributed by atoms with Crippen LogP contribution in [0.2, 0.25) is 0 Å². The predicted molar refractivity (Wildman–Crippen MR) is 91.7 cm³/mol. The molecule has 2 aromatic carbocycles. The molecule has 1 amide bonds. The van der Waals surface area contributed by atoms with Gasteiger partial charge in [-0.25, -0.2) is 0 Å². The van der Waals surface area contributed by atoms with Crippen LogP contribution in [0.1, 0.15) is 11.1 Å². The minimum Gasteiger partial charge on any atom is -0.496 e. The number of carbonyl (C=O) groups excluding carboxylic acids is 1. The van der Waals surface area contributed by atoms with E-state index in [9.17, 15) is 4.79 Å². The Morgan fingerprint density at radius 2 is 1.78 bits per heavy atom. The first-order valence-electron chi connectivity index (χ1n) is 7.48. The second-order valence-electron chi connectivity index (χ2n) is 4.98. The number of ether oxygens (including phenoxy) is 2. The average molecular weight is 311 g/mol.